The Morgan fingerprint density at radius 1 is 1.47 bits per heavy atom. The number of anilines is 2. The number of benzene rings is 1. The molecule has 5 nitrogen and oxygen atoms in total. The molecule has 0 aliphatic carbocycles. The molecule has 2 heterocycles. The quantitative estimate of drug-likeness (QED) is 0.787. The van der Waals surface area contributed by atoms with Crippen LogP contribution in [0.15, 0.2) is 30.3 Å². The van der Waals surface area contributed by atoms with Gasteiger partial charge in [0.15, 0.2) is 5.82 Å². The van der Waals surface area contributed by atoms with E-state index in [1.807, 2.05) is 37.3 Å². The summed E-state index contributed by atoms with van der Waals surface area (Å²) < 4.78 is 0. The van der Waals surface area contributed by atoms with E-state index in [9.17, 15) is 4.79 Å². The maximum Gasteiger partial charge on any atom is 0.234 e. The number of aromatic nitrogens is 2. The fourth-order valence-corrected chi connectivity index (χ4v) is 2.34. The lowest BCUT2D eigenvalue weighted by molar-refractivity contribution is -0.117. The topological polar surface area (TPSA) is 69.8 Å². The van der Waals surface area contributed by atoms with Crippen molar-refractivity contribution in [2.45, 2.75) is 19.3 Å². The van der Waals surface area contributed by atoms with Crippen molar-refractivity contribution in [2.75, 3.05) is 17.2 Å². The van der Waals surface area contributed by atoms with Crippen LogP contribution in [0.2, 0.25) is 0 Å². The zero-order valence-corrected chi connectivity index (χ0v) is 10.7. The number of nitrogens with zero attached hydrogens (tertiary/aromatic N) is 1. The van der Waals surface area contributed by atoms with Crippen LogP contribution >= 0.6 is 0 Å². The number of fused-ring (bicyclic) bond motifs is 1. The molecule has 0 saturated carbocycles. The van der Waals surface area contributed by atoms with Gasteiger partial charge >= 0.3 is 0 Å². The van der Waals surface area contributed by atoms with Crippen molar-refractivity contribution in [1.82, 2.24) is 10.2 Å². The Kier molecular flexibility index (Phi) is 2.95. The minimum Gasteiger partial charge on any atom is -0.384 e. The van der Waals surface area contributed by atoms with Crippen LogP contribution < -0.4 is 10.6 Å². The molecule has 1 aromatic heterocycles. The second-order valence-corrected chi connectivity index (χ2v) is 4.64. The average Bonchev–Trinajstić information content (AvgIpc) is 3.04. The molecule has 1 aromatic carbocycles. The number of carbonyl (C=O) groups excluding carboxylic acids is 1. The van der Waals surface area contributed by atoms with Gasteiger partial charge in [-0.25, -0.2) is 0 Å². The number of H-pyrrole nitrogens is 1. The molecular weight excluding hydrogens is 240 g/mol. The Bertz CT molecular complexity index is 605. The highest BCUT2D eigenvalue weighted by Gasteiger charge is 2.28. The van der Waals surface area contributed by atoms with Crippen molar-refractivity contribution < 1.29 is 4.79 Å². The fourth-order valence-electron chi connectivity index (χ4n) is 2.34. The van der Waals surface area contributed by atoms with Crippen molar-refractivity contribution in [3.8, 4) is 0 Å². The van der Waals surface area contributed by atoms with Gasteiger partial charge < -0.3 is 10.6 Å². The molecule has 19 heavy (non-hydrogen) atoms. The first-order chi connectivity index (χ1) is 9.28. The van der Waals surface area contributed by atoms with Crippen molar-refractivity contribution in [1.29, 1.82) is 0 Å². The molecule has 2 aromatic rings. The van der Waals surface area contributed by atoms with Crippen LogP contribution in [0.1, 0.15) is 24.1 Å². The summed E-state index contributed by atoms with van der Waals surface area (Å²) in [6.45, 7) is 2.67. The number of aromatic amines is 1. The molecule has 0 radical (unpaired) electrons. The first kappa shape index (κ1) is 11.8. The molecule has 3 rings (SSSR count). The highest BCUT2D eigenvalue weighted by atomic mass is 16.2. The van der Waals surface area contributed by atoms with Gasteiger partial charge in [0.1, 0.15) is 0 Å². The van der Waals surface area contributed by atoms with E-state index in [1.54, 1.807) is 0 Å². The Morgan fingerprint density at radius 2 is 2.32 bits per heavy atom. The minimum atomic E-state index is -0.155. The van der Waals surface area contributed by atoms with Crippen LogP contribution in [0.3, 0.4) is 0 Å². The second kappa shape index (κ2) is 4.76. The van der Waals surface area contributed by atoms with Crippen LogP contribution in [0.25, 0.3) is 0 Å². The summed E-state index contributed by atoms with van der Waals surface area (Å²) in [6, 6.07) is 9.77. The molecule has 0 spiro atoms. The summed E-state index contributed by atoms with van der Waals surface area (Å²) in [5.41, 5.74) is 3.10. The zero-order chi connectivity index (χ0) is 13.2. The number of rotatable bonds is 3. The number of carbonyl (C=O) groups is 1. The van der Waals surface area contributed by atoms with E-state index in [0.717, 1.165) is 23.4 Å². The maximum absolute atomic E-state index is 12.3. The molecule has 3 N–H and O–H groups in total. The smallest absolute Gasteiger partial charge is 0.234 e. The number of amides is 1. The van der Waals surface area contributed by atoms with E-state index in [-0.39, 0.29) is 11.8 Å². The number of nitrogens with one attached hydrogen (secondary N) is 3. The monoisotopic (exact) mass is 256 g/mol. The lowest BCUT2D eigenvalue weighted by Crippen LogP contribution is -2.22. The lowest BCUT2D eigenvalue weighted by atomic mass is 10.0. The molecule has 1 aliphatic heterocycles. The fraction of sp³-hybridized carbons (Fsp3) is 0.286. The molecule has 1 aliphatic rings. The Morgan fingerprint density at radius 3 is 3.11 bits per heavy atom. The van der Waals surface area contributed by atoms with Gasteiger partial charge in [-0.3, -0.25) is 9.89 Å². The third-order valence-electron chi connectivity index (χ3n) is 3.41. The Hall–Kier alpha value is -2.30. The molecule has 1 atom stereocenters. The van der Waals surface area contributed by atoms with Crippen molar-refractivity contribution in [3.05, 3.63) is 41.6 Å². The van der Waals surface area contributed by atoms with Crippen LogP contribution in [0.4, 0.5) is 11.5 Å². The Balaban J connectivity index is 1.75. The second-order valence-electron chi connectivity index (χ2n) is 4.64. The average molecular weight is 256 g/mol. The predicted octanol–water partition coefficient (Wildman–Crippen LogP) is 2.12. The summed E-state index contributed by atoms with van der Waals surface area (Å²) in [5.74, 6) is 0.413. The van der Waals surface area contributed by atoms with Crippen molar-refractivity contribution >= 4 is 17.4 Å². The normalized spacial score (nSPS) is 16.8. The van der Waals surface area contributed by atoms with Crippen molar-refractivity contribution in [3.63, 3.8) is 0 Å². The van der Waals surface area contributed by atoms with Gasteiger partial charge in [0.2, 0.25) is 5.91 Å². The Labute approximate surface area is 111 Å². The number of hydrogen-bond acceptors (Lipinski definition) is 3. The van der Waals surface area contributed by atoms with E-state index in [0.29, 0.717) is 12.4 Å². The summed E-state index contributed by atoms with van der Waals surface area (Å²) in [6.07, 6.45) is 0.872. The van der Waals surface area contributed by atoms with Gasteiger partial charge in [-0.2, -0.15) is 5.10 Å². The van der Waals surface area contributed by atoms with Crippen LogP contribution in [-0.4, -0.2) is 22.6 Å². The minimum absolute atomic E-state index is 0.0217. The van der Waals surface area contributed by atoms with Gasteiger partial charge in [-0.15, -0.1) is 0 Å². The molecule has 0 saturated heterocycles. The third kappa shape index (κ3) is 2.19. The first-order valence-corrected chi connectivity index (χ1v) is 6.46. The highest BCUT2D eigenvalue weighted by Crippen LogP contribution is 2.31. The number of para-hydroxylation sites is 1. The highest BCUT2D eigenvalue weighted by molar-refractivity contribution is 5.97. The number of aryl methyl sites for hydroxylation is 1. The van der Waals surface area contributed by atoms with E-state index in [1.165, 1.54) is 0 Å². The largest absolute Gasteiger partial charge is 0.384 e. The third-order valence-corrected chi connectivity index (χ3v) is 3.41. The van der Waals surface area contributed by atoms with Crippen LogP contribution in [-0.2, 0) is 11.2 Å². The van der Waals surface area contributed by atoms with Crippen LogP contribution in [0.5, 0.6) is 0 Å². The maximum atomic E-state index is 12.3. The lowest BCUT2D eigenvalue weighted by Gasteiger charge is -2.09. The van der Waals surface area contributed by atoms with Crippen LogP contribution in [0, 0.1) is 0 Å². The van der Waals surface area contributed by atoms with Gasteiger partial charge in [-0.05, 0) is 18.1 Å². The van der Waals surface area contributed by atoms with E-state index in [4.69, 9.17) is 0 Å². The van der Waals surface area contributed by atoms with Gasteiger partial charge in [-0.1, -0.05) is 25.1 Å². The standard InChI is InChI=1S/C14H16N4O/c1-2-9-7-13(18-17-9)16-14(19)11-8-15-12-6-4-3-5-10(11)12/h3-7,11,15H,2,8H2,1H3,(H2,16,17,18,19). The predicted molar refractivity (Wildman–Crippen MR) is 74.3 cm³/mol. The molecule has 0 bridgehead atoms. The van der Waals surface area contributed by atoms with E-state index < -0.39 is 0 Å². The zero-order valence-electron chi connectivity index (χ0n) is 10.7. The van der Waals surface area contributed by atoms with E-state index >= 15 is 0 Å². The van der Waals surface area contributed by atoms with Gasteiger partial charge in [0.05, 0.1) is 5.92 Å². The molecule has 0 fully saturated rings. The molecule has 5 heteroatoms. The summed E-state index contributed by atoms with van der Waals surface area (Å²) in [4.78, 5) is 12.3. The molecule has 1 amide bonds. The molecular formula is C14H16N4O. The summed E-state index contributed by atoms with van der Waals surface area (Å²) >= 11 is 0. The summed E-state index contributed by atoms with van der Waals surface area (Å²) in [7, 11) is 0. The SMILES string of the molecule is CCc1cc(NC(=O)C2CNc3ccccc32)n[nH]1. The van der Waals surface area contributed by atoms with E-state index in [2.05, 4.69) is 20.8 Å². The van der Waals surface area contributed by atoms with Gasteiger partial charge in [0.25, 0.3) is 0 Å². The first-order valence-electron chi connectivity index (χ1n) is 6.46. The van der Waals surface area contributed by atoms with Gasteiger partial charge in [0, 0.05) is 24.0 Å². The van der Waals surface area contributed by atoms with Crippen molar-refractivity contribution in [2.24, 2.45) is 0 Å². The summed E-state index contributed by atoms with van der Waals surface area (Å²) in [5, 5.41) is 13.1. The molecule has 98 valence electrons. The number of hydrogen-bond donors (Lipinski definition) is 3. The molecule has 1 unspecified atom stereocenters.